The Kier molecular flexibility index (Phi) is 2.54. The summed E-state index contributed by atoms with van der Waals surface area (Å²) in [6.45, 7) is 3.30. The van der Waals surface area contributed by atoms with E-state index < -0.39 is 0 Å². The molecule has 0 saturated carbocycles. The summed E-state index contributed by atoms with van der Waals surface area (Å²) in [7, 11) is 0. The molecule has 1 saturated heterocycles. The molecule has 2 rings (SSSR count). The van der Waals surface area contributed by atoms with Crippen molar-refractivity contribution in [3.63, 3.8) is 0 Å². The van der Waals surface area contributed by atoms with Crippen molar-refractivity contribution in [2.45, 2.75) is 13.2 Å². The first kappa shape index (κ1) is 9.00. The van der Waals surface area contributed by atoms with Gasteiger partial charge in [0.05, 0.1) is 13.2 Å². The Labute approximate surface area is 82.4 Å². The van der Waals surface area contributed by atoms with Crippen molar-refractivity contribution in [3.05, 3.63) is 34.3 Å². The average molecular weight is 199 g/mol. The lowest BCUT2D eigenvalue weighted by molar-refractivity contribution is -0.0444. The Morgan fingerprint density at radius 1 is 1.31 bits per heavy atom. The Bertz CT molecular complexity index is 286. The number of aryl methyl sites for hydroxylation is 1. The second kappa shape index (κ2) is 3.66. The van der Waals surface area contributed by atoms with Gasteiger partial charge in [0, 0.05) is 10.6 Å². The van der Waals surface area contributed by atoms with Crippen LogP contribution in [0.15, 0.2) is 18.2 Å². The molecule has 0 aromatic heterocycles. The highest BCUT2D eigenvalue weighted by atomic mass is 35.5. The third kappa shape index (κ3) is 1.70. The summed E-state index contributed by atoms with van der Waals surface area (Å²) in [6, 6.07) is 5.79. The second-order valence-corrected chi connectivity index (χ2v) is 3.45. The molecule has 0 bridgehead atoms. The normalized spacial score (nSPS) is 18.0. The number of rotatable bonds is 1. The molecule has 0 aliphatic carbocycles. The van der Waals surface area contributed by atoms with Gasteiger partial charge in [0.25, 0.3) is 0 Å². The molecule has 1 heterocycles. The fourth-order valence-corrected chi connectivity index (χ4v) is 1.78. The summed E-state index contributed by atoms with van der Waals surface area (Å²) >= 11 is 6.05. The van der Waals surface area contributed by atoms with Crippen molar-refractivity contribution in [3.8, 4) is 0 Å². The molecule has 0 unspecified atom stereocenters. The van der Waals surface area contributed by atoms with Crippen LogP contribution in [-0.4, -0.2) is 13.2 Å². The smallest absolute Gasteiger partial charge is 0.185 e. The molecule has 0 spiro atoms. The predicted octanol–water partition coefficient (Wildman–Crippen LogP) is 2.69. The van der Waals surface area contributed by atoms with Crippen LogP contribution in [-0.2, 0) is 9.47 Å². The van der Waals surface area contributed by atoms with Gasteiger partial charge in [0.1, 0.15) is 0 Å². The van der Waals surface area contributed by atoms with Crippen molar-refractivity contribution in [2.24, 2.45) is 0 Å². The van der Waals surface area contributed by atoms with Crippen molar-refractivity contribution >= 4 is 11.6 Å². The lowest BCUT2D eigenvalue weighted by Crippen LogP contribution is -2.01. The van der Waals surface area contributed by atoms with E-state index in [1.54, 1.807) is 0 Å². The van der Waals surface area contributed by atoms with E-state index in [2.05, 4.69) is 0 Å². The maximum absolute atomic E-state index is 6.05. The minimum Gasteiger partial charge on any atom is -0.346 e. The number of hydrogen-bond acceptors (Lipinski definition) is 2. The fourth-order valence-electron chi connectivity index (χ4n) is 1.47. The van der Waals surface area contributed by atoms with Gasteiger partial charge in [-0.2, -0.15) is 0 Å². The molecule has 1 aromatic rings. The van der Waals surface area contributed by atoms with Gasteiger partial charge in [-0.1, -0.05) is 23.7 Å². The second-order valence-electron chi connectivity index (χ2n) is 3.04. The van der Waals surface area contributed by atoms with E-state index in [-0.39, 0.29) is 6.29 Å². The van der Waals surface area contributed by atoms with Gasteiger partial charge in [-0.15, -0.1) is 0 Å². The van der Waals surface area contributed by atoms with Crippen molar-refractivity contribution in [1.82, 2.24) is 0 Å². The summed E-state index contributed by atoms with van der Waals surface area (Å²) in [4.78, 5) is 0. The zero-order chi connectivity index (χ0) is 9.26. The van der Waals surface area contributed by atoms with Crippen molar-refractivity contribution in [1.29, 1.82) is 0 Å². The van der Waals surface area contributed by atoms with E-state index in [4.69, 9.17) is 21.1 Å². The van der Waals surface area contributed by atoms with E-state index in [0.29, 0.717) is 18.2 Å². The van der Waals surface area contributed by atoms with Gasteiger partial charge < -0.3 is 9.47 Å². The Hall–Kier alpha value is -0.570. The summed E-state index contributed by atoms with van der Waals surface area (Å²) < 4.78 is 10.8. The van der Waals surface area contributed by atoms with Crippen LogP contribution in [0, 0.1) is 6.92 Å². The Morgan fingerprint density at radius 2 is 2.00 bits per heavy atom. The third-order valence-electron chi connectivity index (χ3n) is 2.13. The SMILES string of the molecule is Cc1cccc(Cl)c1C1OCCO1. The van der Waals surface area contributed by atoms with E-state index in [9.17, 15) is 0 Å². The van der Waals surface area contributed by atoms with Gasteiger partial charge in [-0.05, 0) is 18.6 Å². The third-order valence-corrected chi connectivity index (χ3v) is 2.46. The Balaban J connectivity index is 2.37. The van der Waals surface area contributed by atoms with Crippen LogP contribution in [0.4, 0.5) is 0 Å². The molecule has 2 nitrogen and oxygen atoms in total. The predicted molar refractivity (Wildman–Crippen MR) is 50.8 cm³/mol. The number of benzene rings is 1. The topological polar surface area (TPSA) is 18.5 Å². The summed E-state index contributed by atoms with van der Waals surface area (Å²) in [6.07, 6.45) is -0.270. The fraction of sp³-hybridized carbons (Fsp3) is 0.400. The van der Waals surface area contributed by atoms with Crippen LogP contribution in [0.5, 0.6) is 0 Å². The first-order chi connectivity index (χ1) is 6.29. The monoisotopic (exact) mass is 198 g/mol. The highest BCUT2D eigenvalue weighted by Gasteiger charge is 2.22. The maximum Gasteiger partial charge on any atom is 0.185 e. The van der Waals surface area contributed by atoms with E-state index in [0.717, 1.165) is 11.1 Å². The molecule has 0 radical (unpaired) electrons. The summed E-state index contributed by atoms with van der Waals surface area (Å²) in [5.74, 6) is 0. The summed E-state index contributed by atoms with van der Waals surface area (Å²) in [5, 5.41) is 0.715. The largest absolute Gasteiger partial charge is 0.346 e. The summed E-state index contributed by atoms with van der Waals surface area (Å²) in [5.41, 5.74) is 2.07. The first-order valence-electron chi connectivity index (χ1n) is 4.27. The van der Waals surface area contributed by atoms with Crippen molar-refractivity contribution in [2.75, 3.05) is 13.2 Å². The highest BCUT2D eigenvalue weighted by Crippen LogP contribution is 2.31. The first-order valence-corrected chi connectivity index (χ1v) is 4.65. The molecule has 0 N–H and O–H groups in total. The van der Waals surface area contributed by atoms with Gasteiger partial charge in [-0.25, -0.2) is 0 Å². The van der Waals surface area contributed by atoms with Crippen LogP contribution in [0.3, 0.4) is 0 Å². The zero-order valence-corrected chi connectivity index (χ0v) is 8.17. The van der Waals surface area contributed by atoms with Gasteiger partial charge in [0.2, 0.25) is 0 Å². The number of ether oxygens (including phenoxy) is 2. The van der Waals surface area contributed by atoms with Crippen LogP contribution >= 0.6 is 11.6 Å². The lowest BCUT2D eigenvalue weighted by Gasteiger charge is -2.13. The highest BCUT2D eigenvalue weighted by molar-refractivity contribution is 6.31. The molecule has 70 valence electrons. The van der Waals surface area contributed by atoms with E-state index in [1.807, 2.05) is 25.1 Å². The van der Waals surface area contributed by atoms with Gasteiger partial charge in [0.15, 0.2) is 6.29 Å². The van der Waals surface area contributed by atoms with Crippen LogP contribution in [0.1, 0.15) is 17.4 Å². The van der Waals surface area contributed by atoms with Crippen LogP contribution in [0.2, 0.25) is 5.02 Å². The standard InChI is InChI=1S/C10H11ClO2/c1-7-3-2-4-8(11)9(7)10-12-5-6-13-10/h2-4,10H,5-6H2,1H3. The van der Waals surface area contributed by atoms with Crippen LogP contribution < -0.4 is 0 Å². The molecule has 1 fully saturated rings. The molecular formula is C10H11ClO2. The van der Waals surface area contributed by atoms with E-state index >= 15 is 0 Å². The minimum absolute atomic E-state index is 0.270. The lowest BCUT2D eigenvalue weighted by atomic mass is 10.1. The van der Waals surface area contributed by atoms with Gasteiger partial charge >= 0.3 is 0 Å². The van der Waals surface area contributed by atoms with Gasteiger partial charge in [-0.3, -0.25) is 0 Å². The number of hydrogen-bond donors (Lipinski definition) is 0. The molecule has 1 aromatic carbocycles. The molecule has 0 atom stereocenters. The molecule has 13 heavy (non-hydrogen) atoms. The molecule has 1 aliphatic heterocycles. The van der Waals surface area contributed by atoms with E-state index in [1.165, 1.54) is 0 Å². The average Bonchev–Trinajstić information content (AvgIpc) is 2.57. The molecule has 3 heteroatoms. The quantitative estimate of drug-likeness (QED) is 0.691. The molecule has 1 aliphatic rings. The van der Waals surface area contributed by atoms with Crippen LogP contribution in [0.25, 0.3) is 0 Å². The number of halogens is 1. The maximum atomic E-state index is 6.05. The molecule has 0 amide bonds. The zero-order valence-electron chi connectivity index (χ0n) is 7.42. The molecular weight excluding hydrogens is 188 g/mol. The Morgan fingerprint density at radius 3 is 2.62 bits per heavy atom. The van der Waals surface area contributed by atoms with Crippen molar-refractivity contribution < 1.29 is 9.47 Å². The minimum atomic E-state index is -0.270.